The molecule has 1 amide bonds. The summed E-state index contributed by atoms with van der Waals surface area (Å²) in [5.41, 5.74) is 5.30. The van der Waals surface area contributed by atoms with E-state index in [-0.39, 0.29) is 17.9 Å². The molecule has 0 bridgehead atoms. The molecule has 1 rings (SSSR count). The highest BCUT2D eigenvalue weighted by atomic mass is 19.4. The Morgan fingerprint density at radius 3 is 2.62 bits per heavy atom. The minimum absolute atomic E-state index is 0.0365. The molecule has 3 N–H and O–H groups in total. The van der Waals surface area contributed by atoms with Crippen LogP contribution in [0, 0.1) is 0 Å². The number of carbonyl (C=O) groups is 1. The van der Waals surface area contributed by atoms with Crippen molar-refractivity contribution in [1.29, 1.82) is 0 Å². The number of hydrogen-bond donors (Lipinski definition) is 2. The second kappa shape index (κ2) is 4.42. The van der Waals surface area contributed by atoms with Crippen molar-refractivity contribution in [3.05, 3.63) is 11.8 Å². The second-order valence-corrected chi connectivity index (χ2v) is 3.13. The van der Waals surface area contributed by atoms with Gasteiger partial charge in [-0.05, 0) is 6.92 Å². The molecule has 0 aliphatic heterocycles. The van der Waals surface area contributed by atoms with E-state index in [0.717, 1.165) is 6.20 Å². The van der Waals surface area contributed by atoms with Crippen molar-refractivity contribution in [2.24, 2.45) is 0 Å². The lowest BCUT2D eigenvalue weighted by Crippen LogP contribution is -2.38. The van der Waals surface area contributed by atoms with Crippen molar-refractivity contribution in [3.63, 3.8) is 0 Å². The van der Waals surface area contributed by atoms with Crippen LogP contribution < -0.4 is 5.73 Å². The van der Waals surface area contributed by atoms with E-state index in [4.69, 9.17) is 5.73 Å². The van der Waals surface area contributed by atoms with Gasteiger partial charge >= 0.3 is 6.18 Å². The van der Waals surface area contributed by atoms with E-state index in [9.17, 15) is 18.0 Å². The quantitative estimate of drug-likeness (QED) is 0.822. The Kier molecular flexibility index (Phi) is 3.41. The molecule has 16 heavy (non-hydrogen) atoms. The number of halogens is 3. The van der Waals surface area contributed by atoms with Crippen molar-refractivity contribution in [3.8, 4) is 0 Å². The van der Waals surface area contributed by atoms with Crippen molar-refractivity contribution < 1.29 is 18.0 Å². The van der Waals surface area contributed by atoms with E-state index in [0.29, 0.717) is 4.90 Å². The van der Waals surface area contributed by atoms with Gasteiger partial charge in [-0.15, -0.1) is 0 Å². The molecule has 0 fully saturated rings. The number of aromatic amines is 1. The number of amides is 1. The van der Waals surface area contributed by atoms with Gasteiger partial charge in [0.05, 0.1) is 6.20 Å². The summed E-state index contributed by atoms with van der Waals surface area (Å²) in [5.74, 6) is -0.823. The third-order valence-electron chi connectivity index (χ3n) is 1.94. The number of hydrogen-bond acceptors (Lipinski definition) is 3. The maximum Gasteiger partial charge on any atom is 0.406 e. The first-order valence-electron chi connectivity index (χ1n) is 4.50. The third kappa shape index (κ3) is 2.88. The molecule has 0 saturated heterocycles. The molecular formula is C8H11F3N4O. The smallest absolute Gasteiger partial charge is 0.383 e. The summed E-state index contributed by atoms with van der Waals surface area (Å²) in [7, 11) is 0. The Bertz CT molecular complexity index is 374. The molecule has 0 unspecified atom stereocenters. The SMILES string of the molecule is CCN(CC(F)(F)F)C(=O)c1cn[nH]c1N. The van der Waals surface area contributed by atoms with Crippen LogP contribution in [0.4, 0.5) is 19.0 Å². The number of carbonyl (C=O) groups excluding carboxylic acids is 1. The van der Waals surface area contributed by atoms with Gasteiger partial charge in [0, 0.05) is 6.54 Å². The Balaban J connectivity index is 2.82. The van der Waals surface area contributed by atoms with E-state index in [1.165, 1.54) is 6.92 Å². The Labute approximate surface area is 89.4 Å². The third-order valence-corrected chi connectivity index (χ3v) is 1.94. The van der Waals surface area contributed by atoms with Gasteiger partial charge in [0.2, 0.25) is 0 Å². The highest BCUT2D eigenvalue weighted by Gasteiger charge is 2.33. The van der Waals surface area contributed by atoms with E-state index in [1.807, 2.05) is 0 Å². The molecule has 0 aliphatic carbocycles. The van der Waals surface area contributed by atoms with Gasteiger partial charge in [-0.1, -0.05) is 0 Å². The van der Waals surface area contributed by atoms with Crippen LogP contribution in [0.25, 0.3) is 0 Å². The van der Waals surface area contributed by atoms with E-state index >= 15 is 0 Å². The Hall–Kier alpha value is -1.73. The van der Waals surface area contributed by atoms with Gasteiger partial charge in [0.15, 0.2) is 0 Å². The van der Waals surface area contributed by atoms with Crippen LogP contribution in [-0.4, -0.2) is 40.3 Å². The highest BCUT2D eigenvalue weighted by Crippen LogP contribution is 2.18. The molecule has 1 aromatic heterocycles. The molecule has 5 nitrogen and oxygen atoms in total. The molecule has 8 heteroatoms. The zero-order chi connectivity index (χ0) is 12.3. The number of nitrogen functional groups attached to an aromatic ring is 1. The van der Waals surface area contributed by atoms with E-state index in [1.54, 1.807) is 0 Å². The monoisotopic (exact) mass is 236 g/mol. The van der Waals surface area contributed by atoms with Crippen molar-refractivity contribution >= 4 is 11.7 Å². The minimum atomic E-state index is -4.43. The number of alkyl halides is 3. The summed E-state index contributed by atoms with van der Waals surface area (Å²) >= 11 is 0. The standard InChI is InChI=1S/C8H11F3N4O/c1-2-15(4-8(9,10)11)7(16)5-3-13-14-6(5)12/h3H,2,4H2,1H3,(H3,12,13,14). The van der Waals surface area contributed by atoms with Crippen molar-refractivity contribution in [2.45, 2.75) is 13.1 Å². The Morgan fingerprint density at radius 1 is 1.62 bits per heavy atom. The van der Waals surface area contributed by atoms with Crippen molar-refractivity contribution in [1.82, 2.24) is 15.1 Å². The summed E-state index contributed by atoms with van der Waals surface area (Å²) in [6, 6.07) is 0. The summed E-state index contributed by atoms with van der Waals surface area (Å²) < 4.78 is 36.4. The number of aromatic nitrogens is 2. The summed E-state index contributed by atoms with van der Waals surface area (Å²) in [6.45, 7) is 0.107. The largest absolute Gasteiger partial charge is 0.406 e. The van der Waals surface area contributed by atoms with Gasteiger partial charge in [0.1, 0.15) is 17.9 Å². The normalized spacial score (nSPS) is 11.5. The van der Waals surface area contributed by atoms with E-state index in [2.05, 4.69) is 10.2 Å². The number of rotatable bonds is 3. The molecule has 0 spiro atoms. The van der Waals surface area contributed by atoms with Crippen LogP contribution in [0.1, 0.15) is 17.3 Å². The fourth-order valence-electron chi connectivity index (χ4n) is 1.18. The average Bonchev–Trinajstić information content (AvgIpc) is 2.58. The van der Waals surface area contributed by atoms with Crippen molar-refractivity contribution in [2.75, 3.05) is 18.8 Å². The number of nitrogens with one attached hydrogen (secondary N) is 1. The molecule has 0 aromatic carbocycles. The summed E-state index contributed by atoms with van der Waals surface area (Å²) in [6.07, 6.45) is -3.32. The molecule has 1 heterocycles. The number of nitrogens with zero attached hydrogens (tertiary/aromatic N) is 2. The van der Waals surface area contributed by atoms with Crippen LogP contribution in [-0.2, 0) is 0 Å². The molecule has 90 valence electrons. The lowest BCUT2D eigenvalue weighted by molar-refractivity contribution is -0.140. The summed E-state index contributed by atoms with van der Waals surface area (Å²) in [5, 5.41) is 5.77. The predicted octanol–water partition coefficient (Wildman–Crippen LogP) is 1.02. The van der Waals surface area contributed by atoms with Gasteiger partial charge in [0.25, 0.3) is 5.91 Å². The number of nitrogens with two attached hydrogens (primary N) is 1. The Morgan fingerprint density at radius 2 is 2.25 bits per heavy atom. The minimum Gasteiger partial charge on any atom is -0.383 e. The highest BCUT2D eigenvalue weighted by molar-refractivity contribution is 5.98. The van der Waals surface area contributed by atoms with Gasteiger partial charge in [-0.3, -0.25) is 9.89 Å². The topological polar surface area (TPSA) is 75.0 Å². The number of anilines is 1. The maximum atomic E-state index is 12.1. The molecule has 0 aliphatic rings. The first-order chi connectivity index (χ1) is 7.35. The van der Waals surface area contributed by atoms with E-state index < -0.39 is 18.6 Å². The molecule has 0 saturated carbocycles. The van der Waals surface area contributed by atoms with Gasteiger partial charge in [-0.25, -0.2) is 0 Å². The van der Waals surface area contributed by atoms with Crippen LogP contribution in [0.15, 0.2) is 6.20 Å². The lowest BCUT2D eigenvalue weighted by Gasteiger charge is -2.21. The predicted molar refractivity (Wildman–Crippen MR) is 50.6 cm³/mol. The molecular weight excluding hydrogens is 225 g/mol. The maximum absolute atomic E-state index is 12.1. The van der Waals surface area contributed by atoms with Crippen LogP contribution in [0.3, 0.4) is 0 Å². The molecule has 1 aromatic rings. The molecule has 0 radical (unpaired) electrons. The number of H-pyrrole nitrogens is 1. The zero-order valence-corrected chi connectivity index (χ0v) is 8.51. The zero-order valence-electron chi connectivity index (χ0n) is 8.51. The van der Waals surface area contributed by atoms with Gasteiger partial charge < -0.3 is 10.6 Å². The van der Waals surface area contributed by atoms with Crippen LogP contribution in [0.2, 0.25) is 0 Å². The average molecular weight is 236 g/mol. The lowest BCUT2D eigenvalue weighted by atomic mass is 10.3. The fourth-order valence-corrected chi connectivity index (χ4v) is 1.18. The van der Waals surface area contributed by atoms with Gasteiger partial charge in [-0.2, -0.15) is 18.3 Å². The second-order valence-electron chi connectivity index (χ2n) is 3.13. The first-order valence-corrected chi connectivity index (χ1v) is 4.50. The summed E-state index contributed by atoms with van der Waals surface area (Å²) in [4.78, 5) is 12.3. The van der Waals surface area contributed by atoms with Crippen LogP contribution in [0.5, 0.6) is 0 Å². The molecule has 0 atom stereocenters. The van der Waals surface area contributed by atoms with Crippen LogP contribution >= 0.6 is 0 Å². The first kappa shape index (κ1) is 12.3. The fraction of sp³-hybridized carbons (Fsp3) is 0.500.